The number of benzene rings is 1. The standard InChI is InChI=1S/C15H12Cl2N2O3/c1-15(19-14(21)22,10-4-7-12(17)18-8-10)13(20)9-2-5-11(16)6-3-9/h2-8,19H,1H3,(H,21,22). The second-order valence-electron chi connectivity index (χ2n) is 4.76. The monoisotopic (exact) mass is 338 g/mol. The Kier molecular flexibility index (Phi) is 4.68. The van der Waals surface area contributed by atoms with Crippen LogP contribution in [0.4, 0.5) is 4.79 Å². The Morgan fingerprint density at radius 3 is 2.27 bits per heavy atom. The molecule has 2 rings (SSSR count). The molecule has 1 unspecified atom stereocenters. The highest BCUT2D eigenvalue weighted by atomic mass is 35.5. The zero-order valence-corrected chi connectivity index (χ0v) is 13.0. The molecular formula is C15H12Cl2N2O3. The second-order valence-corrected chi connectivity index (χ2v) is 5.58. The molecule has 0 saturated heterocycles. The van der Waals surface area contributed by atoms with Crippen molar-refractivity contribution in [2.24, 2.45) is 0 Å². The fourth-order valence-electron chi connectivity index (χ4n) is 2.04. The molecule has 0 aliphatic rings. The number of carboxylic acid groups (broad SMARTS) is 1. The summed E-state index contributed by atoms with van der Waals surface area (Å²) in [5.74, 6) is -0.421. The van der Waals surface area contributed by atoms with Gasteiger partial charge in [0.05, 0.1) is 0 Å². The largest absolute Gasteiger partial charge is 0.465 e. The van der Waals surface area contributed by atoms with Crippen LogP contribution in [0.3, 0.4) is 0 Å². The van der Waals surface area contributed by atoms with Gasteiger partial charge in [0.2, 0.25) is 0 Å². The molecule has 2 N–H and O–H groups in total. The van der Waals surface area contributed by atoms with Crippen LogP contribution in [0.1, 0.15) is 22.8 Å². The summed E-state index contributed by atoms with van der Waals surface area (Å²) < 4.78 is 0. The van der Waals surface area contributed by atoms with Crippen molar-refractivity contribution in [3.63, 3.8) is 0 Å². The van der Waals surface area contributed by atoms with E-state index in [1.165, 1.54) is 31.3 Å². The summed E-state index contributed by atoms with van der Waals surface area (Å²) >= 11 is 11.5. The van der Waals surface area contributed by atoms with Crippen LogP contribution >= 0.6 is 23.2 Å². The highest BCUT2D eigenvalue weighted by Gasteiger charge is 2.37. The average molecular weight is 339 g/mol. The Bertz CT molecular complexity index is 702. The summed E-state index contributed by atoms with van der Waals surface area (Å²) in [6, 6.07) is 9.25. The smallest absolute Gasteiger partial charge is 0.405 e. The van der Waals surface area contributed by atoms with Gasteiger partial charge in [0.25, 0.3) is 0 Å². The maximum absolute atomic E-state index is 12.8. The van der Waals surface area contributed by atoms with Gasteiger partial charge in [0.1, 0.15) is 10.7 Å². The number of hydrogen-bond acceptors (Lipinski definition) is 3. The van der Waals surface area contributed by atoms with Crippen LogP contribution in [0.15, 0.2) is 42.6 Å². The molecule has 7 heteroatoms. The molecule has 1 atom stereocenters. The number of nitrogens with zero attached hydrogens (tertiary/aromatic N) is 1. The first-order valence-electron chi connectivity index (χ1n) is 6.26. The molecule has 0 spiro atoms. The molecule has 5 nitrogen and oxygen atoms in total. The Morgan fingerprint density at radius 2 is 1.77 bits per heavy atom. The lowest BCUT2D eigenvalue weighted by Crippen LogP contribution is -2.49. The van der Waals surface area contributed by atoms with E-state index in [4.69, 9.17) is 28.3 Å². The highest BCUT2D eigenvalue weighted by Crippen LogP contribution is 2.26. The number of hydrogen-bond donors (Lipinski definition) is 2. The topological polar surface area (TPSA) is 79.3 Å². The SMILES string of the molecule is CC(NC(=O)O)(C(=O)c1ccc(Cl)cc1)c1ccc(Cl)nc1. The number of halogens is 2. The van der Waals surface area contributed by atoms with E-state index in [2.05, 4.69) is 10.3 Å². The third-order valence-electron chi connectivity index (χ3n) is 3.22. The zero-order valence-electron chi connectivity index (χ0n) is 11.5. The fourth-order valence-corrected chi connectivity index (χ4v) is 2.27. The van der Waals surface area contributed by atoms with Crippen LogP contribution in [0.25, 0.3) is 0 Å². The average Bonchev–Trinajstić information content (AvgIpc) is 2.47. The predicted octanol–water partition coefficient (Wildman–Crippen LogP) is 3.75. The van der Waals surface area contributed by atoms with Crippen LogP contribution < -0.4 is 5.32 Å². The minimum absolute atomic E-state index is 0.250. The lowest BCUT2D eigenvalue weighted by molar-refractivity contribution is 0.0855. The van der Waals surface area contributed by atoms with Gasteiger partial charge in [-0.1, -0.05) is 29.3 Å². The molecule has 22 heavy (non-hydrogen) atoms. The number of pyridine rings is 1. The molecule has 0 radical (unpaired) electrons. The van der Waals surface area contributed by atoms with Gasteiger partial charge in [-0.3, -0.25) is 4.79 Å². The van der Waals surface area contributed by atoms with Crippen molar-refractivity contribution in [3.8, 4) is 0 Å². The third kappa shape index (κ3) is 3.37. The van der Waals surface area contributed by atoms with E-state index in [-0.39, 0.29) is 5.15 Å². The molecule has 0 fully saturated rings. The van der Waals surface area contributed by atoms with Crippen molar-refractivity contribution < 1.29 is 14.7 Å². The van der Waals surface area contributed by atoms with Gasteiger partial charge in [0.15, 0.2) is 5.78 Å². The van der Waals surface area contributed by atoms with Crippen molar-refractivity contribution in [1.82, 2.24) is 10.3 Å². The second kappa shape index (κ2) is 6.34. The minimum Gasteiger partial charge on any atom is -0.465 e. The number of Topliss-reactive ketones (excluding diaryl/α,β-unsaturated/α-hetero) is 1. The Labute approximate surface area is 136 Å². The number of amides is 1. The first kappa shape index (κ1) is 16.3. The molecule has 114 valence electrons. The fraction of sp³-hybridized carbons (Fsp3) is 0.133. The first-order chi connectivity index (χ1) is 10.3. The molecule has 0 aliphatic carbocycles. The van der Waals surface area contributed by atoms with Gasteiger partial charge in [0, 0.05) is 22.3 Å². The zero-order chi connectivity index (χ0) is 16.3. The minimum atomic E-state index is -1.49. The van der Waals surface area contributed by atoms with E-state index in [0.29, 0.717) is 16.1 Å². The summed E-state index contributed by atoms with van der Waals surface area (Å²) in [6.07, 6.45) is 0.0475. The summed E-state index contributed by atoms with van der Waals surface area (Å²) in [5, 5.41) is 12.1. The van der Waals surface area contributed by atoms with Crippen molar-refractivity contribution in [2.75, 3.05) is 0 Å². The first-order valence-corrected chi connectivity index (χ1v) is 7.02. The number of aromatic nitrogens is 1. The predicted molar refractivity (Wildman–Crippen MR) is 83.5 cm³/mol. The van der Waals surface area contributed by atoms with Gasteiger partial charge >= 0.3 is 6.09 Å². The van der Waals surface area contributed by atoms with Crippen molar-refractivity contribution >= 4 is 35.1 Å². The van der Waals surface area contributed by atoms with Gasteiger partial charge < -0.3 is 10.4 Å². The summed E-state index contributed by atoms with van der Waals surface area (Å²) in [6.45, 7) is 1.48. The van der Waals surface area contributed by atoms with E-state index in [9.17, 15) is 9.59 Å². The maximum Gasteiger partial charge on any atom is 0.405 e. The third-order valence-corrected chi connectivity index (χ3v) is 3.70. The molecular weight excluding hydrogens is 327 g/mol. The summed E-state index contributed by atoms with van der Waals surface area (Å²) in [4.78, 5) is 27.8. The van der Waals surface area contributed by atoms with Crippen molar-refractivity contribution in [1.29, 1.82) is 0 Å². The van der Waals surface area contributed by atoms with Crippen LogP contribution in [0.2, 0.25) is 10.2 Å². The number of carbonyl (C=O) groups excluding carboxylic acids is 1. The van der Waals surface area contributed by atoms with E-state index < -0.39 is 17.4 Å². The van der Waals surface area contributed by atoms with Crippen molar-refractivity contribution in [2.45, 2.75) is 12.5 Å². The van der Waals surface area contributed by atoms with E-state index in [0.717, 1.165) is 0 Å². The molecule has 1 aromatic heterocycles. The molecule has 1 aromatic carbocycles. The van der Waals surface area contributed by atoms with Gasteiger partial charge in [-0.2, -0.15) is 0 Å². The summed E-state index contributed by atoms with van der Waals surface area (Å²) in [5.41, 5.74) is -0.771. The van der Waals surface area contributed by atoms with Crippen LogP contribution in [0.5, 0.6) is 0 Å². The van der Waals surface area contributed by atoms with Gasteiger partial charge in [-0.25, -0.2) is 9.78 Å². The maximum atomic E-state index is 12.8. The lowest BCUT2D eigenvalue weighted by Gasteiger charge is -2.28. The number of carbonyl (C=O) groups is 2. The molecule has 1 amide bonds. The Morgan fingerprint density at radius 1 is 1.14 bits per heavy atom. The normalized spacial score (nSPS) is 13.2. The Balaban J connectivity index is 2.48. The molecule has 2 aromatic rings. The van der Waals surface area contributed by atoms with E-state index in [1.54, 1.807) is 18.2 Å². The molecule has 0 aliphatic heterocycles. The molecule has 1 heterocycles. The number of ketones is 1. The highest BCUT2D eigenvalue weighted by molar-refractivity contribution is 6.30. The van der Waals surface area contributed by atoms with Gasteiger partial charge in [-0.05, 0) is 37.3 Å². The van der Waals surface area contributed by atoms with Gasteiger partial charge in [-0.15, -0.1) is 0 Å². The van der Waals surface area contributed by atoms with E-state index >= 15 is 0 Å². The van der Waals surface area contributed by atoms with E-state index in [1.807, 2.05) is 0 Å². The quantitative estimate of drug-likeness (QED) is 0.657. The summed E-state index contributed by atoms with van der Waals surface area (Å²) in [7, 11) is 0. The van der Waals surface area contributed by atoms with Crippen molar-refractivity contribution in [3.05, 3.63) is 63.9 Å². The van der Waals surface area contributed by atoms with Crippen LogP contribution in [-0.2, 0) is 5.54 Å². The number of rotatable bonds is 4. The Hall–Kier alpha value is -2.11. The van der Waals surface area contributed by atoms with Crippen LogP contribution in [0, 0.1) is 0 Å². The van der Waals surface area contributed by atoms with Crippen LogP contribution in [-0.4, -0.2) is 22.0 Å². The molecule has 0 saturated carbocycles. The molecule has 0 bridgehead atoms. The lowest BCUT2D eigenvalue weighted by atomic mass is 9.85. The number of nitrogens with one attached hydrogen (secondary N) is 1.